The van der Waals surface area contributed by atoms with E-state index in [2.05, 4.69) is 89.5 Å². The monoisotopic (exact) mass is 406 g/mol. The average molecular weight is 407 g/mol. The van der Waals surface area contributed by atoms with Gasteiger partial charge in [0, 0.05) is 26.2 Å². The van der Waals surface area contributed by atoms with E-state index in [1.54, 1.807) is 11.3 Å². The van der Waals surface area contributed by atoms with Crippen LogP contribution in [0.3, 0.4) is 0 Å². The molecule has 4 heteroatoms. The first kappa shape index (κ1) is 15.7. The van der Waals surface area contributed by atoms with Crippen LogP contribution < -0.4 is 0 Å². The van der Waals surface area contributed by atoms with E-state index < -0.39 is 0 Å². The van der Waals surface area contributed by atoms with E-state index in [0.29, 0.717) is 0 Å². The van der Waals surface area contributed by atoms with Crippen molar-refractivity contribution < 1.29 is 0 Å². The van der Waals surface area contributed by atoms with Crippen molar-refractivity contribution in [3.8, 4) is 5.13 Å². The number of thiazole rings is 1. The average Bonchev–Trinajstić information content (AvgIpc) is 3.44. The van der Waals surface area contributed by atoms with Gasteiger partial charge < -0.3 is 0 Å². The first-order valence-electron chi connectivity index (χ1n) is 9.58. The molecule has 7 aromatic rings. The van der Waals surface area contributed by atoms with Gasteiger partial charge in [-0.05, 0) is 24.3 Å². The molecule has 0 saturated carbocycles. The van der Waals surface area contributed by atoms with Crippen molar-refractivity contribution in [3.63, 3.8) is 0 Å². The minimum Gasteiger partial charge on any atom is -0.284 e. The molecule has 29 heavy (non-hydrogen) atoms. The number of thiophene rings is 1. The number of benzene rings is 4. The van der Waals surface area contributed by atoms with E-state index >= 15 is 0 Å². The van der Waals surface area contributed by atoms with Crippen molar-refractivity contribution in [2.45, 2.75) is 0 Å². The second-order valence-corrected chi connectivity index (χ2v) is 9.31. The maximum Gasteiger partial charge on any atom is 0.195 e. The van der Waals surface area contributed by atoms with Crippen LogP contribution in [0.25, 0.3) is 57.3 Å². The fourth-order valence-electron chi connectivity index (χ4n) is 4.39. The molecule has 0 amide bonds. The van der Waals surface area contributed by atoms with Crippen molar-refractivity contribution in [2.24, 2.45) is 0 Å². The van der Waals surface area contributed by atoms with E-state index in [-0.39, 0.29) is 0 Å². The second kappa shape index (κ2) is 5.66. The molecular weight excluding hydrogens is 392 g/mol. The lowest BCUT2D eigenvalue weighted by molar-refractivity contribution is 1.15. The lowest BCUT2D eigenvalue weighted by atomic mass is 10.1. The minimum absolute atomic E-state index is 1.03. The lowest BCUT2D eigenvalue weighted by Gasteiger charge is -2.03. The van der Waals surface area contributed by atoms with Gasteiger partial charge in [-0.2, -0.15) is 0 Å². The van der Waals surface area contributed by atoms with E-state index in [0.717, 1.165) is 10.6 Å². The minimum atomic E-state index is 1.03. The molecule has 0 radical (unpaired) electrons. The van der Waals surface area contributed by atoms with Crippen LogP contribution >= 0.6 is 22.7 Å². The SMILES string of the molecule is c1ccc2sc(-n3c4ccccc4c4ccc5c6ccccc6sc5c43)nc2c1. The topological polar surface area (TPSA) is 17.8 Å². The highest BCUT2D eigenvalue weighted by Crippen LogP contribution is 2.43. The maximum absolute atomic E-state index is 5.00. The van der Waals surface area contributed by atoms with Crippen molar-refractivity contribution in [3.05, 3.63) is 84.9 Å². The number of fused-ring (bicyclic) bond motifs is 8. The first-order chi connectivity index (χ1) is 14.4. The van der Waals surface area contributed by atoms with Gasteiger partial charge in [-0.3, -0.25) is 4.57 Å². The van der Waals surface area contributed by atoms with Crippen LogP contribution in [-0.4, -0.2) is 9.55 Å². The maximum atomic E-state index is 5.00. The zero-order valence-electron chi connectivity index (χ0n) is 15.3. The van der Waals surface area contributed by atoms with E-state index in [1.807, 2.05) is 11.3 Å². The number of para-hydroxylation sites is 2. The molecule has 2 nitrogen and oxygen atoms in total. The van der Waals surface area contributed by atoms with Gasteiger partial charge in [0.25, 0.3) is 0 Å². The smallest absolute Gasteiger partial charge is 0.195 e. The predicted molar refractivity (Wildman–Crippen MR) is 127 cm³/mol. The number of hydrogen-bond donors (Lipinski definition) is 0. The molecule has 4 aromatic carbocycles. The third-order valence-electron chi connectivity index (χ3n) is 5.65. The number of hydrogen-bond acceptors (Lipinski definition) is 3. The lowest BCUT2D eigenvalue weighted by Crippen LogP contribution is -1.92. The van der Waals surface area contributed by atoms with Crippen LogP contribution in [0.5, 0.6) is 0 Å². The van der Waals surface area contributed by atoms with Gasteiger partial charge in [0.05, 0.1) is 25.9 Å². The molecule has 0 saturated heterocycles. The standard InChI is InChI=1S/C25H14N2S2/c1-4-10-20-15(7-1)17-13-14-18-16-8-2-5-11-21(16)28-24(18)23(17)27(20)25-26-19-9-3-6-12-22(19)29-25/h1-14H. The summed E-state index contributed by atoms with van der Waals surface area (Å²) in [5.41, 5.74) is 3.54. The van der Waals surface area contributed by atoms with Gasteiger partial charge in [-0.15, -0.1) is 11.3 Å². The van der Waals surface area contributed by atoms with Crippen LogP contribution in [0, 0.1) is 0 Å². The molecule has 3 heterocycles. The molecular formula is C25H14N2S2. The second-order valence-electron chi connectivity index (χ2n) is 7.25. The van der Waals surface area contributed by atoms with E-state index in [9.17, 15) is 0 Å². The molecule has 136 valence electrons. The predicted octanol–water partition coefficient (Wildman–Crippen LogP) is 7.76. The molecule has 7 rings (SSSR count). The molecule has 0 aliphatic heterocycles. The summed E-state index contributed by atoms with van der Waals surface area (Å²) in [6.45, 7) is 0. The van der Waals surface area contributed by atoms with Crippen molar-refractivity contribution in [1.29, 1.82) is 0 Å². The van der Waals surface area contributed by atoms with Gasteiger partial charge in [0.1, 0.15) is 0 Å². The zero-order valence-corrected chi connectivity index (χ0v) is 16.9. The Kier molecular flexibility index (Phi) is 3.06. The molecule has 0 N–H and O–H groups in total. The Labute approximate surface area is 174 Å². The Morgan fingerprint density at radius 3 is 2.21 bits per heavy atom. The van der Waals surface area contributed by atoms with Gasteiger partial charge in [-0.1, -0.05) is 72.0 Å². The summed E-state index contributed by atoms with van der Waals surface area (Å²) in [4.78, 5) is 5.00. The fourth-order valence-corrected chi connectivity index (χ4v) is 6.61. The third kappa shape index (κ3) is 2.07. The van der Waals surface area contributed by atoms with Crippen LogP contribution in [0.2, 0.25) is 0 Å². The zero-order chi connectivity index (χ0) is 18.9. The van der Waals surface area contributed by atoms with E-state index in [1.165, 1.54) is 46.7 Å². The summed E-state index contributed by atoms with van der Waals surface area (Å²) in [7, 11) is 0. The molecule has 0 aliphatic carbocycles. The van der Waals surface area contributed by atoms with Crippen LogP contribution in [0.1, 0.15) is 0 Å². The number of rotatable bonds is 1. The summed E-state index contributed by atoms with van der Waals surface area (Å²) >= 11 is 3.63. The quantitative estimate of drug-likeness (QED) is 0.272. The molecule has 0 bridgehead atoms. The largest absolute Gasteiger partial charge is 0.284 e. The van der Waals surface area contributed by atoms with Gasteiger partial charge in [-0.25, -0.2) is 4.98 Å². The van der Waals surface area contributed by atoms with Crippen molar-refractivity contribution in [1.82, 2.24) is 9.55 Å². The summed E-state index contributed by atoms with van der Waals surface area (Å²) in [5.74, 6) is 0. The first-order valence-corrected chi connectivity index (χ1v) is 11.2. The van der Waals surface area contributed by atoms with Gasteiger partial charge in [0.2, 0.25) is 0 Å². The van der Waals surface area contributed by atoms with Crippen LogP contribution in [0.15, 0.2) is 84.9 Å². The molecule has 0 fully saturated rings. The van der Waals surface area contributed by atoms with E-state index in [4.69, 9.17) is 4.98 Å². The van der Waals surface area contributed by atoms with Crippen molar-refractivity contribution >= 4 is 74.9 Å². The molecule has 0 atom stereocenters. The number of nitrogens with zero attached hydrogens (tertiary/aromatic N) is 2. The van der Waals surface area contributed by atoms with Crippen molar-refractivity contribution in [2.75, 3.05) is 0 Å². The Balaban J connectivity index is 1.74. The molecule has 3 aromatic heterocycles. The normalized spacial score (nSPS) is 12.1. The molecule has 0 aliphatic rings. The summed E-state index contributed by atoms with van der Waals surface area (Å²) in [6, 6.07) is 30.3. The Hall–Kier alpha value is -3.21. The fraction of sp³-hybridized carbons (Fsp3) is 0. The van der Waals surface area contributed by atoms with Crippen LogP contribution in [0.4, 0.5) is 0 Å². The Morgan fingerprint density at radius 2 is 1.31 bits per heavy atom. The Bertz CT molecular complexity index is 1680. The highest BCUT2D eigenvalue weighted by Gasteiger charge is 2.19. The molecule has 0 unspecified atom stereocenters. The molecule has 0 spiro atoms. The van der Waals surface area contributed by atoms with Gasteiger partial charge in [0.15, 0.2) is 5.13 Å². The summed E-state index contributed by atoms with van der Waals surface area (Å²) < 4.78 is 6.25. The van der Waals surface area contributed by atoms with Gasteiger partial charge >= 0.3 is 0 Å². The third-order valence-corrected chi connectivity index (χ3v) is 7.87. The summed E-state index contributed by atoms with van der Waals surface area (Å²) in [5, 5.41) is 6.25. The number of aromatic nitrogens is 2. The summed E-state index contributed by atoms with van der Waals surface area (Å²) in [6.07, 6.45) is 0. The highest BCUT2D eigenvalue weighted by atomic mass is 32.1. The van der Waals surface area contributed by atoms with Crippen LogP contribution in [-0.2, 0) is 0 Å². The highest BCUT2D eigenvalue weighted by molar-refractivity contribution is 7.26. The Morgan fingerprint density at radius 1 is 0.586 bits per heavy atom.